The average Bonchev–Trinajstić information content (AvgIpc) is 3.17. The summed E-state index contributed by atoms with van der Waals surface area (Å²) in [6.07, 6.45) is -0.857. The van der Waals surface area contributed by atoms with Crippen LogP contribution in [-0.4, -0.2) is 78.6 Å². The number of ether oxygens (including phenoxy) is 1. The number of hydrogen-bond acceptors (Lipinski definition) is 7. The Morgan fingerprint density at radius 2 is 1.69 bits per heavy atom. The zero-order valence-corrected chi connectivity index (χ0v) is 17.1. The second-order valence-electron chi connectivity index (χ2n) is 7.29. The van der Waals surface area contributed by atoms with Gasteiger partial charge in [-0.2, -0.15) is 0 Å². The Labute approximate surface area is 168 Å². The van der Waals surface area contributed by atoms with Gasteiger partial charge in [0.15, 0.2) is 15.9 Å². The smallest absolute Gasteiger partial charge is 0.329 e. The van der Waals surface area contributed by atoms with Crippen LogP contribution in [0.3, 0.4) is 0 Å². The number of benzene rings is 1. The van der Waals surface area contributed by atoms with Crippen LogP contribution < -0.4 is 0 Å². The third-order valence-corrected chi connectivity index (χ3v) is 7.05. The maximum absolute atomic E-state index is 12.5. The first-order chi connectivity index (χ1) is 13.5. The number of esters is 1. The van der Waals surface area contributed by atoms with Crippen LogP contribution in [0.5, 0.6) is 0 Å². The summed E-state index contributed by atoms with van der Waals surface area (Å²) >= 11 is 0. The quantitative estimate of drug-likeness (QED) is 0.493. The molecule has 0 radical (unpaired) electrons. The van der Waals surface area contributed by atoms with Crippen LogP contribution in [0.2, 0.25) is 0 Å². The van der Waals surface area contributed by atoms with E-state index >= 15 is 0 Å². The van der Waals surface area contributed by atoms with Gasteiger partial charge in [0, 0.05) is 13.1 Å². The van der Waals surface area contributed by atoms with Gasteiger partial charge in [0.1, 0.15) is 6.04 Å². The highest BCUT2D eigenvalue weighted by molar-refractivity contribution is 7.91. The molecule has 2 aliphatic heterocycles. The summed E-state index contributed by atoms with van der Waals surface area (Å²) in [6.45, 7) is 2.73. The topological polar surface area (TPSA) is 118 Å². The predicted molar refractivity (Wildman–Crippen MR) is 102 cm³/mol. The molecule has 1 aromatic rings. The fourth-order valence-electron chi connectivity index (χ4n) is 3.54. The van der Waals surface area contributed by atoms with Gasteiger partial charge < -0.3 is 9.64 Å². The van der Waals surface area contributed by atoms with Gasteiger partial charge in [0.2, 0.25) is 0 Å². The number of carbonyl (C=O) groups excluding carboxylic acids is 4. The molecule has 156 valence electrons. The van der Waals surface area contributed by atoms with E-state index in [1.807, 2.05) is 0 Å². The minimum absolute atomic E-state index is 0.0141. The van der Waals surface area contributed by atoms with Crippen LogP contribution in [-0.2, 0) is 24.2 Å². The molecule has 0 saturated carbocycles. The Kier molecular flexibility index (Phi) is 5.48. The molecule has 10 heteroatoms. The van der Waals surface area contributed by atoms with Crippen LogP contribution in [0, 0.1) is 0 Å². The summed E-state index contributed by atoms with van der Waals surface area (Å²) < 4.78 is 28.4. The van der Waals surface area contributed by atoms with Crippen molar-refractivity contribution in [3.8, 4) is 0 Å². The average molecular weight is 422 g/mol. The van der Waals surface area contributed by atoms with Gasteiger partial charge in [0.05, 0.1) is 22.6 Å². The van der Waals surface area contributed by atoms with Crippen molar-refractivity contribution in [1.29, 1.82) is 0 Å². The molecule has 3 rings (SSSR count). The summed E-state index contributed by atoms with van der Waals surface area (Å²) in [6, 6.07) is 4.57. The van der Waals surface area contributed by atoms with Crippen LogP contribution in [0.15, 0.2) is 24.3 Å². The number of nitrogens with zero attached hydrogens (tertiary/aromatic N) is 2. The molecule has 1 aromatic carbocycles. The number of likely N-dealkylation sites (N-methyl/N-ethyl adjacent to an activating group) is 1. The van der Waals surface area contributed by atoms with Crippen molar-refractivity contribution >= 4 is 33.5 Å². The SMILES string of the molecule is C[C@H](OC(=O)[C@@H](C)N1C(=O)c2ccccc2C1=O)C(=O)N(C)[C@H]1CCS(=O)(=O)C1. The molecule has 0 aliphatic carbocycles. The molecule has 0 aromatic heterocycles. The molecular weight excluding hydrogens is 400 g/mol. The molecule has 2 aliphatic rings. The van der Waals surface area contributed by atoms with E-state index in [-0.39, 0.29) is 22.6 Å². The van der Waals surface area contributed by atoms with Crippen molar-refractivity contribution in [2.75, 3.05) is 18.6 Å². The van der Waals surface area contributed by atoms with E-state index in [0.29, 0.717) is 6.42 Å². The highest BCUT2D eigenvalue weighted by Crippen LogP contribution is 2.25. The number of imide groups is 1. The van der Waals surface area contributed by atoms with Crippen molar-refractivity contribution in [2.45, 2.75) is 38.5 Å². The lowest BCUT2D eigenvalue weighted by atomic mass is 10.1. The first kappa shape index (κ1) is 21.0. The van der Waals surface area contributed by atoms with Crippen LogP contribution in [0.1, 0.15) is 41.0 Å². The van der Waals surface area contributed by atoms with Crippen molar-refractivity contribution in [3.05, 3.63) is 35.4 Å². The van der Waals surface area contributed by atoms with E-state index in [9.17, 15) is 27.6 Å². The van der Waals surface area contributed by atoms with E-state index in [1.54, 1.807) is 12.1 Å². The summed E-state index contributed by atoms with van der Waals surface area (Å²) in [5.74, 6) is -2.74. The molecule has 9 nitrogen and oxygen atoms in total. The summed E-state index contributed by atoms with van der Waals surface area (Å²) in [4.78, 5) is 52.1. The van der Waals surface area contributed by atoms with E-state index in [1.165, 1.54) is 37.9 Å². The van der Waals surface area contributed by atoms with E-state index in [2.05, 4.69) is 0 Å². The summed E-state index contributed by atoms with van der Waals surface area (Å²) in [7, 11) is -1.70. The first-order valence-electron chi connectivity index (χ1n) is 9.18. The summed E-state index contributed by atoms with van der Waals surface area (Å²) in [5, 5.41) is 0. The molecule has 1 fully saturated rings. The Hall–Kier alpha value is -2.75. The number of amides is 3. The molecule has 2 heterocycles. The van der Waals surface area contributed by atoms with Crippen LogP contribution in [0.4, 0.5) is 0 Å². The Morgan fingerprint density at radius 1 is 1.14 bits per heavy atom. The number of sulfone groups is 1. The molecule has 0 unspecified atom stereocenters. The maximum atomic E-state index is 12.5. The second kappa shape index (κ2) is 7.58. The van der Waals surface area contributed by atoms with Crippen LogP contribution in [0.25, 0.3) is 0 Å². The highest BCUT2D eigenvalue weighted by atomic mass is 32.2. The monoisotopic (exact) mass is 422 g/mol. The molecule has 3 amide bonds. The largest absolute Gasteiger partial charge is 0.451 e. The Balaban J connectivity index is 1.65. The predicted octanol–water partition coefficient (Wildman–Crippen LogP) is 0.248. The summed E-state index contributed by atoms with van der Waals surface area (Å²) in [5.41, 5.74) is 0.423. The van der Waals surface area contributed by atoms with E-state index < -0.39 is 51.7 Å². The van der Waals surface area contributed by atoms with Crippen molar-refractivity contribution in [1.82, 2.24) is 9.80 Å². The minimum atomic E-state index is -3.17. The number of fused-ring (bicyclic) bond motifs is 1. The van der Waals surface area contributed by atoms with Crippen LogP contribution >= 0.6 is 0 Å². The standard InChI is InChI=1S/C19H22N2O7S/c1-11(21-17(23)14-6-4-5-7-15(14)18(21)24)19(25)28-12(2)16(22)20(3)13-8-9-29(26,27)10-13/h4-7,11-13H,8-10H2,1-3H3/t11-,12+,13+/m1/s1. The van der Waals surface area contributed by atoms with Gasteiger partial charge in [-0.3, -0.25) is 19.3 Å². The zero-order chi connectivity index (χ0) is 21.5. The van der Waals surface area contributed by atoms with Gasteiger partial charge >= 0.3 is 5.97 Å². The van der Waals surface area contributed by atoms with Gasteiger partial charge in [0.25, 0.3) is 17.7 Å². The van der Waals surface area contributed by atoms with Crippen molar-refractivity contribution in [2.24, 2.45) is 0 Å². The maximum Gasteiger partial charge on any atom is 0.329 e. The molecule has 1 saturated heterocycles. The van der Waals surface area contributed by atoms with E-state index in [0.717, 1.165) is 4.90 Å². The lowest BCUT2D eigenvalue weighted by molar-refractivity contribution is -0.162. The molecule has 0 N–H and O–H groups in total. The third kappa shape index (κ3) is 3.89. The second-order valence-corrected chi connectivity index (χ2v) is 9.52. The molecule has 0 spiro atoms. The van der Waals surface area contributed by atoms with Crippen molar-refractivity contribution in [3.63, 3.8) is 0 Å². The van der Waals surface area contributed by atoms with Gasteiger partial charge in [-0.05, 0) is 32.4 Å². The molecule has 0 bridgehead atoms. The zero-order valence-electron chi connectivity index (χ0n) is 16.3. The van der Waals surface area contributed by atoms with Gasteiger partial charge in [-0.15, -0.1) is 0 Å². The fraction of sp³-hybridized carbons (Fsp3) is 0.474. The Bertz CT molecular complexity index is 953. The normalized spacial score (nSPS) is 22.2. The minimum Gasteiger partial charge on any atom is -0.451 e. The fourth-order valence-corrected chi connectivity index (χ4v) is 5.31. The van der Waals surface area contributed by atoms with Gasteiger partial charge in [-0.1, -0.05) is 12.1 Å². The van der Waals surface area contributed by atoms with E-state index in [4.69, 9.17) is 4.74 Å². The lowest BCUT2D eigenvalue weighted by Crippen LogP contribution is -2.48. The highest BCUT2D eigenvalue weighted by Gasteiger charge is 2.42. The first-order valence-corrected chi connectivity index (χ1v) is 11.0. The third-order valence-electron chi connectivity index (χ3n) is 5.30. The molecule has 29 heavy (non-hydrogen) atoms. The lowest BCUT2D eigenvalue weighted by Gasteiger charge is -2.28. The number of rotatable bonds is 5. The number of carbonyl (C=O) groups is 4. The van der Waals surface area contributed by atoms with Crippen molar-refractivity contribution < 1.29 is 32.3 Å². The Morgan fingerprint density at radius 3 is 2.17 bits per heavy atom. The molecule has 3 atom stereocenters. The molecular formula is C19H22N2O7S. The van der Waals surface area contributed by atoms with Gasteiger partial charge in [-0.25, -0.2) is 13.2 Å². The number of hydrogen-bond donors (Lipinski definition) is 0.